The van der Waals surface area contributed by atoms with Crippen LogP contribution in [0.15, 0.2) is 17.1 Å². The Morgan fingerprint density at radius 1 is 1.32 bits per heavy atom. The van der Waals surface area contributed by atoms with E-state index in [-0.39, 0.29) is 0 Å². The van der Waals surface area contributed by atoms with Gasteiger partial charge < -0.3 is 13.9 Å². The predicted molar refractivity (Wildman–Crippen MR) is 92.2 cm³/mol. The van der Waals surface area contributed by atoms with Crippen LogP contribution in [0, 0.1) is 0 Å². The van der Waals surface area contributed by atoms with Gasteiger partial charge in [-0.2, -0.15) is 5.10 Å². The topological polar surface area (TPSA) is 65.5 Å². The monoisotopic (exact) mass is 346 g/mol. The van der Waals surface area contributed by atoms with E-state index in [0.717, 1.165) is 76.5 Å². The molecule has 136 valence electrons. The van der Waals surface area contributed by atoms with Crippen molar-refractivity contribution in [1.82, 2.24) is 19.7 Å². The number of rotatable bonds is 6. The van der Waals surface area contributed by atoms with Crippen molar-refractivity contribution in [2.75, 3.05) is 33.5 Å². The standard InChI is InChI=1S/C18H26N4O3/c1-23-8-2-6-22-17-3-7-21(14-4-9-24-10-5-14)11-15(17)18(20-22)16-12-25-13-19-16/h12-14H,2-11H2,1H3. The zero-order valence-electron chi connectivity index (χ0n) is 14.8. The van der Waals surface area contributed by atoms with Crippen LogP contribution in [0.2, 0.25) is 0 Å². The lowest BCUT2D eigenvalue weighted by molar-refractivity contribution is 0.0288. The molecule has 0 amide bonds. The maximum absolute atomic E-state index is 5.52. The van der Waals surface area contributed by atoms with Gasteiger partial charge in [-0.3, -0.25) is 9.58 Å². The molecule has 0 unspecified atom stereocenters. The third kappa shape index (κ3) is 3.49. The van der Waals surface area contributed by atoms with E-state index in [4.69, 9.17) is 19.0 Å². The molecule has 2 aromatic heterocycles. The Bertz CT molecular complexity index is 677. The number of oxazole rings is 1. The second-order valence-electron chi connectivity index (χ2n) is 6.78. The second-order valence-corrected chi connectivity index (χ2v) is 6.78. The largest absolute Gasteiger partial charge is 0.451 e. The van der Waals surface area contributed by atoms with Crippen molar-refractivity contribution in [3.8, 4) is 11.4 Å². The van der Waals surface area contributed by atoms with Gasteiger partial charge in [0, 0.05) is 70.3 Å². The Balaban J connectivity index is 1.60. The molecule has 0 saturated carbocycles. The van der Waals surface area contributed by atoms with Gasteiger partial charge in [0.1, 0.15) is 17.7 Å². The molecule has 0 aromatic carbocycles. The number of aromatic nitrogens is 3. The molecule has 4 rings (SSSR count). The van der Waals surface area contributed by atoms with Crippen LogP contribution in [-0.2, 0) is 29.0 Å². The van der Waals surface area contributed by atoms with E-state index in [2.05, 4.69) is 14.6 Å². The summed E-state index contributed by atoms with van der Waals surface area (Å²) in [6, 6.07) is 0.615. The molecular formula is C18H26N4O3. The van der Waals surface area contributed by atoms with Crippen LogP contribution in [0.1, 0.15) is 30.5 Å². The normalized spacial score (nSPS) is 19.2. The van der Waals surface area contributed by atoms with E-state index < -0.39 is 0 Å². The molecule has 0 atom stereocenters. The summed E-state index contributed by atoms with van der Waals surface area (Å²) in [4.78, 5) is 6.93. The van der Waals surface area contributed by atoms with Crippen LogP contribution in [0.25, 0.3) is 11.4 Å². The highest BCUT2D eigenvalue weighted by Gasteiger charge is 2.30. The first-order valence-electron chi connectivity index (χ1n) is 9.14. The van der Waals surface area contributed by atoms with Crippen molar-refractivity contribution in [1.29, 1.82) is 0 Å². The Kier molecular flexibility index (Phi) is 5.14. The Hall–Kier alpha value is -1.70. The third-order valence-electron chi connectivity index (χ3n) is 5.26. The average Bonchev–Trinajstić information content (AvgIpc) is 3.30. The number of methoxy groups -OCH3 is 1. The molecule has 0 spiro atoms. The summed E-state index contributed by atoms with van der Waals surface area (Å²) in [5, 5.41) is 4.87. The molecule has 0 aliphatic carbocycles. The van der Waals surface area contributed by atoms with E-state index in [1.165, 1.54) is 17.7 Å². The Labute approximate surface area is 147 Å². The van der Waals surface area contributed by atoms with Crippen LogP contribution < -0.4 is 0 Å². The zero-order valence-corrected chi connectivity index (χ0v) is 14.8. The van der Waals surface area contributed by atoms with Crippen molar-refractivity contribution < 1.29 is 13.9 Å². The number of hydrogen-bond acceptors (Lipinski definition) is 6. The molecular weight excluding hydrogens is 320 g/mol. The number of fused-ring (bicyclic) bond motifs is 1. The summed E-state index contributed by atoms with van der Waals surface area (Å²) < 4.78 is 18.1. The molecule has 7 heteroatoms. The fourth-order valence-corrected chi connectivity index (χ4v) is 3.95. The molecule has 2 aromatic rings. The summed E-state index contributed by atoms with van der Waals surface area (Å²) in [5.41, 5.74) is 4.45. The quantitative estimate of drug-likeness (QED) is 0.747. The van der Waals surface area contributed by atoms with Gasteiger partial charge in [0.25, 0.3) is 0 Å². The van der Waals surface area contributed by atoms with Crippen molar-refractivity contribution in [3.05, 3.63) is 23.9 Å². The minimum absolute atomic E-state index is 0.615. The summed E-state index contributed by atoms with van der Waals surface area (Å²) in [6.45, 7) is 5.41. The van der Waals surface area contributed by atoms with Gasteiger partial charge in [-0.25, -0.2) is 4.98 Å². The maximum atomic E-state index is 5.52. The first-order valence-corrected chi connectivity index (χ1v) is 9.14. The summed E-state index contributed by atoms with van der Waals surface area (Å²) in [5.74, 6) is 0. The smallest absolute Gasteiger partial charge is 0.181 e. The highest BCUT2D eigenvalue weighted by atomic mass is 16.5. The van der Waals surface area contributed by atoms with Crippen LogP contribution in [0.3, 0.4) is 0 Å². The van der Waals surface area contributed by atoms with E-state index in [1.54, 1.807) is 13.4 Å². The van der Waals surface area contributed by atoms with E-state index in [9.17, 15) is 0 Å². The van der Waals surface area contributed by atoms with Gasteiger partial charge in [-0.15, -0.1) is 0 Å². The minimum atomic E-state index is 0.615. The Morgan fingerprint density at radius 2 is 2.20 bits per heavy atom. The molecule has 1 saturated heterocycles. The molecule has 0 radical (unpaired) electrons. The SMILES string of the molecule is COCCCn1nc(-c2cocn2)c2c1CCN(C1CCOCC1)C2. The lowest BCUT2D eigenvalue weighted by Gasteiger charge is -2.36. The average molecular weight is 346 g/mol. The van der Waals surface area contributed by atoms with Gasteiger partial charge in [0.2, 0.25) is 0 Å². The molecule has 25 heavy (non-hydrogen) atoms. The fraction of sp³-hybridized carbons (Fsp3) is 0.667. The maximum Gasteiger partial charge on any atom is 0.181 e. The Morgan fingerprint density at radius 3 is 2.96 bits per heavy atom. The van der Waals surface area contributed by atoms with E-state index in [1.807, 2.05) is 0 Å². The van der Waals surface area contributed by atoms with Crippen molar-refractivity contribution in [2.24, 2.45) is 0 Å². The van der Waals surface area contributed by atoms with Crippen LogP contribution in [0.5, 0.6) is 0 Å². The first-order chi connectivity index (χ1) is 12.4. The van der Waals surface area contributed by atoms with Crippen LogP contribution in [0.4, 0.5) is 0 Å². The number of nitrogens with zero attached hydrogens (tertiary/aromatic N) is 4. The van der Waals surface area contributed by atoms with Crippen LogP contribution >= 0.6 is 0 Å². The number of aryl methyl sites for hydroxylation is 1. The van der Waals surface area contributed by atoms with E-state index >= 15 is 0 Å². The summed E-state index contributed by atoms with van der Waals surface area (Å²) in [7, 11) is 1.74. The molecule has 0 bridgehead atoms. The van der Waals surface area contributed by atoms with Crippen LogP contribution in [-0.4, -0.2) is 59.2 Å². The summed E-state index contributed by atoms with van der Waals surface area (Å²) in [6.07, 6.45) is 7.41. The van der Waals surface area contributed by atoms with Crippen molar-refractivity contribution in [2.45, 2.75) is 44.8 Å². The molecule has 0 N–H and O–H groups in total. The minimum Gasteiger partial charge on any atom is -0.451 e. The van der Waals surface area contributed by atoms with Crippen molar-refractivity contribution in [3.63, 3.8) is 0 Å². The van der Waals surface area contributed by atoms with E-state index in [0.29, 0.717) is 6.04 Å². The van der Waals surface area contributed by atoms with Gasteiger partial charge in [0.15, 0.2) is 6.39 Å². The lowest BCUT2D eigenvalue weighted by Crippen LogP contribution is -2.42. The molecule has 2 aliphatic heterocycles. The second kappa shape index (κ2) is 7.68. The van der Waals surface area contributed by atoms with Gasteiger partial charge in [-0.05, 0) is 19.3 Å². The predicted octanol–water partition coefficient (Wildman–Crippen LogP) is 2.11. The lowest BCUT2D eigenvalue weighted by atomic mass is 9.99. The highest BCUT2D eigenvalue weighted by Crippen LogP contribution is 2.31. The zero-order chi connectivity index (χ0) is 17.1. The molecule has 1 fully saturated rings. The molecule has 4 heterocycles. The highest BCUT2D eigenvalue weighted by molar-refractivity contribution is 5.59. The molecule has 2 aliphatic rings. The van der Waals surface area contributed by atoms with Gasteiger partial charge >= 0.3 is 0 Å². The summed E-state index contributed by atoms with van der Waals surface area (Å²) >= 11 is 0. The first kappa shape index (κ1) is 16.8. The fourth-order valence-electron chi connectivity index (χ4n) is 3.95. The van der Waals surface area contributed by atoms with Gasteiger partial charge in [-0.1, -0.05) is 0 Å². The third-order valence-corrected chi connectivity index (χ3v) is 5.26. The molecule has 7 nitrogen and oxygen atoms in total. The number of hydrogen-bond donors (Lipinski definition) is 0. The van der Waals surface area contributed by atoms with Crippen molar-refractivity contribution >= 4 is 0 Å². The number of ether oxygens (including phenoxy) is 2. The van der Waals surface area contributed by atoms with Gasteiger partial charge in [0.05, 0.1) is 0 Å².